The first-order valence-electron chi connectivity index (χ1n) is 7.30. The minimum atomic E-state index is -0.497. The SMILES string of the molecule is CN(CCCCCCCC(=O)[OH2+])C(=O)c1ccccc1O. The number of phenols is 1. The Labute approximate surface area is 125 Å². The molecule has 116 valence electrons. The van der Waals surface area contributed by atoms with Gasteiger partial charge in [0.2, 0.25) is 0 Å². The average molecular weight is 294 g/mol. The van der Waals surface area contributed by atoms with Crippen molar-refractivity contribution in [3.63, 3.8) is 0 Å². The number of rotatable bonds is 9. The van der Waals surface area contributed by atoms with E-state index in [1.165, 1.54) is 6.07 Å². The van der Waals surface area contributed by atoms with Gasteiger partial charge in [0.1, 0.15) is 12.2 Å². The van der Waals surface area contributed by atoms with Crippen LogP contribution in [0.15, 0.2) is 24.3 Å². The molecular weight excluding hydrogens is 270 g/mol. The molecule has 0 atom stereocenters. The Hall–Kier alpha value is -2.04. The minimum Gasteiger partial charge on any atom is -0.565 e. The van der Waals surface area contributed by atoms with Crippen LogP contribution in [-0.4, -0.2) is 40.6 Å². The van der Waals surface area contributed by atoms with Crippen LogP contribution in [0.4, 0.5) is 0 Å². The van der Waals surface area contributed by atoms with E-state index in [0.29, 0.717) is 18.5 Å². The van der Waals surface area contributed by atoms with Gasteiger partial charge in [-0.15, -0.1) is 0 Å². The van der Waals surface area contributed by atoms with E-state index < -0.39 is 5.97 Å². The lowest BCUT2D eigenvalue weighted by atomic mass is 10.1. The summed E-state index contributed by atoms with van der Waals surface area (Å²) >= 11 is 0. The number of amides is 1. The Balaban J connectivity index is 2.22. The van der Waals surface area contributed by atoms with E-state index in [4.69, 9.17) is 5.11 Å². The number of phenolic OH excluding ortho intramolecular Hbond substituents is 1. The van der Waals surface area contributed by atoms with Crippen molar-refractivity contribution in [2.24, 2.45) is 0 Å². The van der Waals surface area contributed by atoms with Gasteiger partial charge in [-0.25, -0.2) is 0 Å². The van der Waals surface area contributed by atoms with E-state index in [1.807, 2.05) is 0 Å². The molecule has 0 aliphatic carbocycles. The van der Waals surface area contributed by atoms with Crippen molar-refractivity contribution >= 4 is 11.9 Å². The van der Waals surface area contributed by atoms with Gasteiger partial charge in [0.05, 0.1) is 5.56 Å². The third kappa shape index (κ3) is 6.29. The molecule has 0 saturated heterocycles. The third-order valence-electron chi connectivity index (χ3n) is 3.38. The summed E-state index contributed by atoms with van der Waals surface area (Å²) < 4.78 is 0. The van der Waals surface area contributed by atoms with Crippen molar-refractivity contribution in [3.05, 3.63) is 29.8 Å². The normalized spacial score (nSPS) is 10.3. The third-order valence-corrected chi connectivity index (χ3v) is 3.38. The summed E-state index contributed by atoms with van der Waals surface area (Å²) in [6.07, 6.45) is 4.95. The summed E-state index contributed by atoms with van der Waals surface area (Å²) in [6.45, 7) is 0.643. The van der Waals surface area contributed by atoms with Crippen LogP contribution in [0.1, 0.15) is 48.9 Å². The zero-order chi connectivity index (χ0) is 15.7. The van der Waals surface area contributed by atoms with Gasteiger partial charge in [-0.1, -0.05) is 31.4 Å². The molecule has 0 spiro atoms. The van der Waals surface area contributed by atoms with Crippen LogP contribution < -0.4 is 0 Å². The molecule has 0 fully saturated rings. The smallest absolute Gasteiger partial charge is 0.515 e. The van der Waals surface area contributed by atoms with Crippen molar-refractivity contribution in [3.8, 4) is 5.75 Å². The van der Waals surface area contributed by atoms with Gasteiger partial charge in [0.25, 0.3) is 5.91 Å². The summed E-state index contributed by atoms with van der Waals surface area (Å²) in [7, 11) is 1.73. The van der Waals surface area contributed by atoms with Gasteiger partial charge in [-0.2, -0.15) is 0 Å². The fraction of sp³-hybridized carbons (Fsp3) is 0.500. The van der Waals surface area contributed by atoms with E-state index in [9.17, 15) is 14.7 Å². The standard InChI is InChI=1S/C16H23NO4/c1-17(12-8-4-2-3-5-11-15(19)20)16(21)13-9-6-7-10-14(13)18/h6-7,9-10,18H,2-5,8,11-12H2,1H3,(H,19,20)/p+1. The molecule has 21 heavy (non-hydrogen) atoms. The van der Waals surface area contributed by atoms with Crippen LogP contribution in [0, 0.1) is 0 Å². The average Bonchev–Trinajstić information content (AvgIpc) is 2.45. The minimum absolute atomic E-state index is 0.00871. The number of aromatic hydroxyl groups is 1. The van der Waals surface area contributed by atoms with E-state index >= 15 is 0 Å². The molecule has 1 aromatic rings. The molecule has 0 aliphatic rings. The summed E-state index contributed by atoms with van der Waals surface area (Å²) in [5, 5.41) is 16.4. The van der Waals surface area contributed by atoms with Crippen molar-refractivity contribution in [1.29, 1.82) is 0 Å². The molecular formula is C16H24NO4+. The van der Waals surface area contributed by atoms with Crippen molar-refractivity contribution < 1.29 is 19.8 Å². The van der Waals surface area contributed by atoms with E-state index in [0.717, 1.165) is 32.1 Å². The second-order valence-corrected chi connectivity index (χ2v) is 5.18. The largest absolute Gasteiger partial charge is 0.565 e. The molecule has 1 aromatic carbocycles. The van der Waals surface area contributed by atoms with Gasteiger partial charge in [-0.3, -0.25) is 4.79 Å². The topological polar surface area (TPSA) is 80.5 Å². The van der Waals surface area contributed by atoms with Crippen molar-refractivity contribution in [2.75, 3.05) is 13.6 Å². The highest BCUT2D eigenvalue weighted by Crippen LogP contribution is 2.17. The molecule has 5 nitrogen and oxygen atoms in total. The predicted molar refractivity (Wildman–Crippen MR) is 81.4 cm³/mol. The van der Waals surface area contributed by atoms with Crippen LogP contribution in [-0.2, 0) is 4.79 Å². The second kappa shape index (κ2) is 9.00. The van der Waals surface area contributed by atoms with Crippen molar-refractivity contribution in [2.45, 2.75) is 38.5 Å². The molecule has 0 aromatic heterocycles. The van der Waals surface area contributed by atoms with Crippen LogP contribution in [0.5, 0.6) is 5.75 Å². The number of carbonyl (C=O) groups is 2. The predicted octanol–water partition coefficient (Wildman–Crippen LogP) is 2.06. The molecule has 0 unspecified atom stereocenters. The maximum absolute atomic E-state index is 12.1. The van der Waals surface area contributed by atoms with E-state index in [2.05, 4.69) is 0 Å². The molecule has 0 heterocycles. The molecule has 1 rings (SSSR count). The first-order chi connectivity index (χ1) is 10.0. The van der Waals surface area contributed by atoms with Gasteiger partial charge in [0, 0.05) is 18.4 Å². The monoisotopic (exact) mass is 294 g/mol. The maximum Gasteiger partial charge on any atom is 0.515 e. The Bertz CT molecular complexity index is 473. The Morgan fingerprint density at radius 2 is 1.71 bits per heavy atom. The maximum atomic E-state index is 12.1. The van der Waals surface area contributed by atoms with Crippen LogP contribution in [0.2, 0.25) is 0 Å². The van der Waals surface area contributed by atoms with E-state index in [-0.39, 0.29) is 11.7 Å². The number of hydrogen-bond acceptors (Lipinski definition) is 3. The fourth-order valence-corrected chi connectivity index (χ4v) is 2.13. The summed E-state index contributed by atoms with van der Waals surface area (Å²) in [5.41, 5.74) is 0.328. The second-order valence-electron chi connectivity index (χ2n) is 5.18. The van der Waals surface area contributed by atoms with Crippen LogP contribution in [0.3, 0.4) is 0 Å². The summed E-state index contributed by atoms with van der Waals surface area (Å²) in [6, 6.07) is 6.54. The Morgan fingerprint density at radius 3 is 2.38 bits per heavy atom. The Kier molecular flexibility index (Phi) is 7.29. The highest BCUT2D eigenvalue weighted by molar-refractivity contribution is 5.96. The zero-order valence-electron chi connectivity index (χ0n) is 12.5. The first kappa shape index (κ1) is 17.0. The van der Waals surface area contributed by atoms with Gasteiger partial charge in [0.15, 0.2) is 0 Å². The first-order valence-corrected chi connectivity index (χ1v) is 7.30. The number of carbonyl (C=O) groups excluding carboxylic acids is 2. The van der Waals surface area contributed by atoms with Gasteiger partial charge in [-0.05, 0) is 25.0 Å². The van der Waals surface area contributed by atoms with Crippen LogP contribution >= 0.6 is 0 Å². The Morgan fingerprint density at radius 1 is 1.10 bits per heavy atom. The number of hydrogen-bond donors (Lipinski definition) is 1. The van der Waals surface area contributed by atoms with E-state index in [1.54, 1.807) is 30.1 Å². The number of para-hydroxylation sites is 1. The fourth-order valence-electron chi connectivity index (χ4n) is 2.13. The quantitative estimate of drug-likeness (QED) is 0.559. The number of benzene rings is 1. The number of nitrogens with zero attached hydrogens (tertiary/aromatic N) is 1. The van der Waals surface area contributed by atoms with Gasteiger partial charge < -0.3 is 15.1 Å². The highest BCUT2D eigenvalue weighted by atomic mass is 16.4. The molecule has 0 saturated carbocycles. The lowest BCUT2D eigenvalue weighted by Crippen LogP contribution is -2.27. The van der Waals surface area contributed by atoms with Crippen molar-refractivity contribution in [1.82, 2.24) is 4.90 Å². The molecule has 0 bridgehead atoms. The number of unbranched alkanes of at least 4 members (excludes halogenated alkanes) is 4. The molecule has 1 amide bonds. The highest BCUT2D eigenvalue weighted by Gasteiger charge is 2.14. The lowest BCUT2D eigenvalue weighted by Gasteiger charge is -2.17. The molecule has 0 radical (unpaired) electrons. The zero-order valence-corrected chi connectivity index (χ0v) is 12.5. The van der Waals surface area contributed by atoms with Gasteiger partial charge >= 0.3 is 5.97 Å². The molecule has 3 N–H and O–H groups in total. The molecule has 0 aliphatic heterocycles. The lowest BCUT2D eigenvalue weighted by molar-refractivity contribution is -0.137. The summed E-state index contributed by atoms with van der Waals surface area (Å²) in [5.74, 6) is -0.662. The summed E-state index contributed by atoms with van der Waals surface area (Å²) in [4.78, 5) is 24.2. The van der Waals surface area contributed by atoms with Crippen LogP contribution in [0.25, 0.3) is 0 Å². The molecule has 5 heteroatoms.